The van der Waals surface area contributed by atoms with Gasteiger partial charge in [-0.25, -0.2) is 4.79 Å². The van der Waals surface area contributed by atoms with E-state index in [1.165, 1.54) is 7.11 Å². The van der Waals surface area contributed by atoms with Gasteiger partial charge in [0.05, 0.1) is 30.7 Å². The fourth-order valence-corrected chi connectivity index (χ4v) is 1.77. The first kappa shape index (κ1) is 12.7. The summed E-state index contributed by atoms with van der Waals surface area (Å²) in [6, 6.07) is 4.88. The Morgan fingerprint density at radius 3 is 2.83 bits per heavy atom. The SMILES string of the molecule is COC(=O)c1ccc(N)c(NCC2(CF)CC2)c1. The summed E-state index contributed by atoms with van der Waals surface area (Å²) >= 11 is 0. The monoisotopic (exact) mass is 252 g/mol. The summed E-state index contributed by atoms with van der Waals surface area (Å²) in [4.78, 5) is 11.4. The molecule has 0 unspecified atom stereocenters. The van der Waals surface area contributed by atoms with E-state index >= 15 is 0 Å². The molecule has 4 nitrogen and oxygen atoms in total. The fraction of sp³-hybridized carbons (Fsp3) is 0.462. The molecule has 0 amide bonds. The van der Waals surface area contributed by atoms with Gasteiger partial charge < -0.3 is 15.8 Å². The molecular weight excluding hydrogens is 235 g/mol. The predicted molar refractivity (Wildman–Crippen MR) is 68.3 cm³/mol. The van der Waals surface area contributed by atoms with Crippen LogP contribution in [-0.2, 0) is 4.74 Å². The van der Waals surface area contributed by atoms with E-state index in [1.54, 1.807) is 18.2 Å². The van der Waals surface area contributed by atoms with Crippen molar-refractivity contribution in [2.24, 2.45) is 5.41 Å². The molecule has 0 aromatic heterocycles. The largest absolute Gasteiger partial charge is 0.465 e. The molecule has 1 saturated carbocycles. The Labute approximate surface area is 105 Å². The van der Waals surface area contributed by atoms with Gasteiger partial charge in [-0.05, 0) is 31.0 Å². The molecule has 1 fully saturated rings. The van der Waals surface area contributed by atoms with Gasteiger partial charge in [-0.3, -0.25) is 4.39 Å². The van der Waals surface area contributed by atoms with Crippen LogP contribution in [-0.4, -0.2) is 26.3 Å². The smallest absolute Gasteiger partial charge is 0.337 e. The second kappa shape index (κ2) is 4.84. The van der Waals surface area contributed by atoms with E-state index in [1.807, 2.05) is 0 Å². The molecule has 0 radical (unpaired) electrons. The highest BCUT2D eigenvalue weighted by Crippen LogP contribution is 2.46. The Bertz CT molecular complexity index is 458. The fourth-order valence-electron chi connectivity index (χ4n) is 1.77. The van der Waals surface area contributed by atoms with Crippen LogP contribution in [0, 0.1) is 5.41 Å². The predicted octanol–water partition coefficient (Wildman–Crippen LogP) is 2.22. The summed E-state index contributed by atoms with van der Waals surface area (Å²) in [5.41, 5.74) is 7.21. The zero-order chi connectivity index (χ0) is 13.2. The maximum absolute atomic E-state index is 12.8. The molecule has 98 valence electrons. The Morgan fingerprint density at radius 1 is 1.56 bits per heavy atom. The molecule has 2 rings (SSSR count). The lowest BCUT2D eigenvalue weighted by Gasteiger charge is -2.15. The summed E-state index contributed by atoms with van der Waals surface area (Å²) in [5, 5.41) is 3.11. The van der Waals surface area contributed by atoms with E-state index in [-0.39, 0.29) is 12.1 Å². The molecule has 0 saturated heterocycles. The van der Waals surface area contributed by atoms with Gasteiger partial charge in [0.15, 0.2) is 0 Å². The van der Waals surface area contributed by atoms with Crippen LogP contribution in [0.3, 0.4) is 0 Å². The lowest BCUT2D eigenvalue weighted by atomic mass is 10.1. The standard InChI is InChI=1S/C13H17FN2O2/c1-18-12(17)9-2-3-10(15)11(6-9)16-8-13(7-14)4-5-13/h2-3,6,16H,4-5,7-8,15H2,1H3. The normalized spacial score (nSPS) is 16.1. The number of esters is 1. The number of methoxy groups -OCH3 is 1. The average molecular weight is 252 g/mol. The molecular formula is C13H17FN2O2. The Morgan fingerprint density at radius 2 is 2.28 bits per heavy atom. The Hall–Kier alpha value is -1.78. The van der Waals surface area contributed by atoms with Crippen LogP contribution in [0.2, 0.25) is 0 Å². The molecule has 1 aromatic carbocycles. The first-order valence-electron chi connectivity index (χ1n) is 5.88. The number of benzene rings is 1. The highest BCUT2D eigenvalue weighted by Gasteiger charge is 2.42. The van der Waals surface area contributed by atoms with Crippen molar-refractivity contribution in [2.45, 2.75) is 12.8 Å². The molecule has 5 heteroatoms. The van der Waals surface area contributed by atoms with Gasteiger partial charge in [-0.2, -0.15) is 0 Å². The van der Waals surface area contributed by atoms with E-state index in [0.29, 0.717) is 23.5 Å². The van der Waals surface area contributed by atoms with Crippen molar-refractivity contribution in [3.8, 4) is 0 Å². The summed E-state index contributed by atoms with van der Waals surface area (Å²) in [7, 11) is 1.33. The van der Waals surface area contributed by atoms with Gasteiger partial charge in [0, 0.05) is 12.0 Å². The number of nitrogens with two attached hydrogens (primary N) is 1. The highest BCUT2D eigenvalue weighted by atomic mass is 19.1. The van der Waals surface area contributed by atoms with E-state index in [2.05, 4.69) is 10.1 Å². The van der Waals surface area contributed by atoms with Gasteiger partial charge in [0.1, 0.15) is 0 Å². The molecule has 1 aliphatic carbocycles. The number of rotatable bonds is 5. The topological polar surface area (TPSA) is 64.3 Å². The summed E-state index contributed by atoms with van der Waals surface area (Å²) in [6.45, 7) is 0.217. The molecule has 1 aromatic rings. The molecule has 0 spiro atoms. The average Bonchev–Trinajstić information content (AvgIpc) is 3.17. The summed E-state index contributed by atoms with van der Waals surface area (Å²) < 4.78 is 17.4. The zero-order valence-corrected chi connectivity index (χ0v) is 10.3. The molecule has 18 heavy (non-hydrogen) atoms. The Kier molecular flexibility index (Phi) is 3.41. The van der Waals surface area contributed by atoms with Crippen LogP contribution >= 0.6 is 0 Å². The zero-order valence-electron chi connectivity index (χ0n) is 10.3. The second-order valence-corrected chi connectivity index (χ2v) is 4.78. The van der Waals surface area contributed by atoms with Crippen LogP contribution in [0.25, 0.3) is 0 Å². The number of nitrogen functional groups attached to an aromatic ring is 1. The highest BCUT2D eigenvalue weighted by molar-refractivity contribution is 5.91. The van der Waals surface area contributed by atoms with E-state index in [9.17, 15) is 9.18 Å². The molecule has 0 aliphatic heterocycles. The molecule has 0 atom stereocenters. The molecule has 3 N–H and O–H groups in total. The third-order valence-electron chi connectivity index (χ3n) is 3.37. The minimum atomic E-state index is -0.412. The van der Waals surface area contributed by atoms with Crippen molar-refractivity contribution < 1.29 is 13.9 Å². The van der Waals surface area contributed by atoms with Crippen LogP contribution in [0.4, 0.5) is 15.8 Å². The van der Waals surface area contributed by atoms with Crippen molar-refractivity contribution in [2.75, 3.05) is 31.4 Å². The number of alkyl halides is 1. The lowest BCUT2D eigenvalue weighted by molar-refractivity contribution is 0.0601. The number of hydrogen-bond donors (Lipinski definition) is 2. The summed E-state index contributed by atoms with van der Waals surface area (Å²) in [6.07, 6.45) is 1.79. The minimum Gasteiger partial charge on any atom is -0.465 e. The van der Waals surface area contributed by atoms with Crippen molar-refractivity contribution >= 4 is 17.3 Å². The number of carbonyl (C=O) groups excluding carboxylic acids is 1. The van der Waals surface area contributed by atoms with Crippen molar-refractivity contribution in [1.82, 2.24) is 0 Å². The maximum Gasteiger partial charge on any atom is 0.337 e. The number of ether oxygens (including phenoxy) is 1. The van der Waals surface area contributed by atoms with Gasteiger partial charge in [0.2, 0.25) is 0 Å². The van der Waals surface area contributed by atoms with Gasteiger partial charge in [-0.15, -0.1) is 0 Å². The van der Waals surface area contributed by atoms with Crippen LogP contribution < -0.4 is 11.1 Å². The van der Waals surface area contributed by atoms with Crippen molar-refractivity contribution in [1.29, 1.82) is 0 Å². The second-order valence-electron chi connectivity index (χ2n) is 4.78. The lowest BCUT2D eigenvalue weighted by Crippen LogP contribution is -2.18. The number of halogens is 1. The number of carbonyl (C=O) groups is 1. The van der Waals surface area contributed by atoms with E-state index in [0.717, 1.165) is 12.8 Å². The third kappa shape index (κ3) is 2.55. The third-order valence-corrected chi connectivity index (χ3v) is 3.37. The Balaban J connectivity index is 2.09. The minimum absolute atomic E-state index is 0.228. The first-order chi connectivity index (χ1) is 8.60. The van der Waals surface area contributed by atoms with E-state index in [4.69, 9.17) is 5.73 Å². The van der Waals surface area contributed by atoms with Gasteiger partial charge in [0.25, 0.3) is 0 Å². The van der Waals surface area contributed by atoms with Gasteiger partial charge in [-0.1, -0.05) is 0 Å². The maximum atomic E-state index is 12.8. The first-order valence-corrected chi connectivity index (χ1v) is 5.88. The van der Waals surface area contributed by atoms with Gasteiger partial charge >= 0.3 is 5.97 Å². The van der Waals surface area contributed by atoms with Crippen LogP contribution in [0.5, 0.6) is 0 Å². The van der Waals surface area contributed by atoms with Crippen molar-refractivity contribution in [3.05, 3.63) is 23.8 Å². The summed E-state index contributed by atoms with van der Waals surface area (Å²) in [5.74, 6) is -0.412. The van der Waals surface area contributed by atoms with Crippen LogP contribution in [0.1, 0.15) is 23.2 Å². The van der Waals surface area contributed by atoms with Crippen molar-refractivity contribution in [3.63, 3.8) is 0 Å². The molecule has 0 bridgehead atoms. The van der Waals surface area contributed by atoms with E-state index < -0.39 is 5.97 Å². The quantitative estimate of drug-likeness (QED) is 0.623. The number of hydrogen-bond acceptors (Lipinski definition) is 4. The number of nitrogens with one attached hydrogen (secondary N) is 1. The molecule has 0 heterocycles. The number of anilines is 2. The van der Waals surface area contributed by atoms with Crippen LogP contribution in [0.15, 0.2) is 18.2 Å². The molecule has 1 aliphatic rings.